The van der Waals surface area contributed by atoms with Gasteiger partial charge in [-0.05, 0) is 30.7 Å². The lowest BCUT2D eigenvalue weighted by Crippen LogP contribution is -2.37. The second-order valence-corrected chi connectivity index (χ2v) is 5.76. The Morgan fingerprint density at radius 1 is 1.26 bits per heavy atom. The molecule has 1 fully saturated rings. The Bertz CT molecular complexity index is 576. The van der Waals surface area contributed by atoms with Crippen molar-refractivity contribution in [1.29, 1.82) is 0 Å². The minimum Gasteiger partial charge on any atom is -0.494 e. The van der Waals surface area contributed by atoms with Crippen LogP contribution in [0.15, 0.2) is 28.7 Å². The maximum Gasteiger partial charge on any atom is 0.324 e. The minimum atomic E-state index is -0.514. The number of carbonyl (C=O) groups is 3. The van der Waals surface area contributed by atoms with Crippen LogP contribution < -0.4 is 10.1 Å². The van der Waals surface area contributed by atoms with E-state index >= 15 is 0 Å². The fourth-order valence-electron chi connectivity index (χ4n) is 1.94. The van der Waals surface area contributed by atoms with E-state index in [1.807, 2.05) is 24.3 Å². The third-order valence-electron chi connectivity index (χ3n) is 3.12. The van der Waals surface area contributed by atoms with Crippen LogP contribution in [0.3, 0.4) is 0 Å². The maximum absolute atomic E-state index is 11.7. The van der Waals surface area contributed by atoms with Crippen LogP contribution in [-0.4, -0.2) is 49.1 Å². The third-order valence-corrected chi connectivity index (χ3v) is 3.65. The van der Waals surface area contributed by atoms with Crippen molar-refractivity contribution in [2.75, 3.05) is 26.3 Å². The molecule has 7 nitrogen and oxygen atoms in total. The first-order valence-electron chi connectivity index (χ1n) is 7.18. The fourth-order valence-corrected chi connectivity index (χ4v) is 2.20. The van der Waals surface area contributed by atoms with Crippen LogP contribution in [0.5, 0.6) is 5.75 Å². The van der Waals surface area contributed by atoms with Crippen molar-refractivity contribution < 1.29 is 23.9 Å². The predicted octanol–water partition coefficient (Wildman–Crippen LogP) is 1.70. The zero-order valence-corrected chi connectivity index (χ0v) is 14.0. The highest BCUT2D eigenvalue weighted by atomic mass is 79.9. The van der Waals surface area contributed by atoms with Crippen molar-refractivity contribution in [2.24, 2.45) is 0 Å². The number of esters is 1. The van der Waals surface area contributed by atoms with Crippen LogP contribution in [0, 0.1) is 0 Å². The molecule has 124 valence electrons. The van der Waals surface area contributed by atoms with E-state index in [2.05, 4.69) is 21.2 Å². The van der Waals surface area contributed by atoms with Crippen molar-refractivity contribution in [3.05, 3.63) is 28.7 Å². The molecule has 1 aromatic rings. The molecular weight excluding hydrogens is 368 g/mol. The molecule has 3 amide bonds. The second-order valence-electron chi connectivity index (χ2n) is 4.84. The zero-order valence-electron chi connectivity index (χ0n) is 12.4. The van der Waals surface area contributed by atoms with Gasteiger partial charge in [-0.15, -0.1) is 0 Å². The smallest absolute Gasteiger partial charge is 0.324 e. The Balaban J connectivity index is 1.59. The molecule has 1 N–H and O–H groups in total. The van der Waals surface area contributed by atoms with Gasteiger partial charge in [0.1, 0.15) is 5.75 Å². The molecule has 0 unspecified atom stereocenters. The van der Waals surface area contributed by atoms with Gasteiger partial charge in [-0.3, -0.25) is 14.5 Å². The quantitative estimate of drug-likeness (QED) is 0.571. The second kappa shape index (κ2) is 8.52. The molecule has 0 radical (unpaired) electrons. The van der Waals surface area contributed by atoms with Crippen molar-refractivity contribution in [1.82, 2.24) is 10.2 Å². The zero-order chi connectivity index (χ0) is 16.7. The standard InChI is InChI=1S/C15H17BrN2O5/c16-11-3-5-12(6-4-11)22-9-1-2-14(20)23-10-13(19)18-8-7-17-15(18)21/h3-6H,1-2,7-10H2,(H,17,21). The number of halogens is 1. The highest BCUT2D eigenvalue weighted by molar-refractivity contribution is 9.10. The number of rotatable bonds is 7. The average Bonchev–Trinajstić information content (AvgIpc) is 2.97. The molecule has 0 atom stereocenters. The molecule has 0 aliphatic carbocycles. The number of ether oxygens (including phenoxy) is 2. The van der Waals surface area contributed by atoms with E-state index < -0.39 is 24.5 Å². The summed E-state index contributed by atoms with van der Waals surface area (Å²) in [6.07, 6.45) is 0.628. The summed E-state index contributed by atoms with van der Waals surface area (Å²) in [5, 5.41) is 2.51. The number of hydrogen-bond acceptors (Lipinski definition) is 5. The number of nitrogens with one attached hydrogen (secondary N) is 1. The molecule has 1 saturated heterocycles. The lowest BCUT2D eigenvalue weighted by Gasteiger charge is -2.12. The minimum absolute atomic E-state index is 0.149. The summed E-state index contributed by atoms with van der Waals surface area (Å²) in [6, 6.07) is 6.92. The monoisotopic (exact) mass is 384 g/mol. The molecule has 1 aliphatic heterocycles. The van der Waals surface area contributed by atoms with Crippen molar-refractivity contribution in [3.63, 3.8) is 0 Å². The van der Waals surface area contributed by atoms with Gasteiger partial charge in [0.2, 0.25) is 0 Å². The molecule has 0 saturated carbocycles. The van der Waals surface area contributed by atoms with Gasteiger partial charge in [0, 0.05) is 24.0 Å². The van der Waals surface area contributed by atoms with Crippen molar-refractivity contribution in [2.45, 2.75) is 12.8 Å². The predicted molar refractivity (Wildman–Crippen MR) is 84.9 cm³/mol. The molecule has 23 heavy (non-hydrogen) atoms. The van der Waals surface area contributed by atoms with Crippen molar-refractivity contribution >= 4 is 33.8 Å². The summed E-state index contributed by atoms with van der Waals surface area (Å²) in [6.45, 7) is 0.682. The van der Waals surface area contributed by atoms with E-state index in [0.717, 1.165) is 15.1 Å². The summed E-state index contributed by atoms with van der Waals surface area (Å²) in [4.78, 5) is 35.5. The van der Waals surface area contributed by atoms with Crippen LogP contribution in [0.4, 0.5) is 4.79 Å². The number of benzene rings is 1. The molecule has 0 spiro atoms. The summed E-state index contributed by atoms with van der Waals surface area (Å²) in [5.74, 6) is -0.284. The molecule has 8 heteroatoms. The van der Waals surface area contributed by atoms with Gasteiger partial charge in [-0.25, -0.2) is 4.79 Å². The Morgan fingerprint density at radius 2 is 2.00 bits per heavy atom. The Kier molecular flexibility index (Phi) is 6.40. The van der Waals surface area contributed by atoms with Gasteiger partial charge in [0.25, 0.3) is 5.91 Å². The maximum atomic E-state index is 11.7. The summed E-state index contributed by atoms with van der Waals surface area (Å²) in [7, 11) is 0. The molecule has 1 aromatic carbocycles. The Hall–Kier alpha value is -2.09. The molecule has 1 heterocycles. The first-order valence-corrected chi connectivity index (χ1v) is 7.98. The van der Waals surface area contributed by atoms with E-state index in [1.54, 1.807) is 0 Å². The Labute approximate surface area is 142 Å². The van der Waals surface area contributed by atoms with Crippen molar-refractivity contribution in [3.8, 4) is 5.75 Å². The summed E-state index contributed by atoms with van der Waals surface area (Å²) >= 11 is 3.33. The number of amides is 3. The van der Waals surface area contributed by atoms with E-state index in [0.29, 0.717) is 26.1 Å². The van der Waals surface area contributed by atoms with Crippen LogP contribution in [0.1, 0.15) is 12.8 Å². The number of nitrogens with zero attached hydrogens (tertiary/aromatic N) is 1. The fraction of sp³-hybridized carbons (Fsp3) is 0.400. The SMILES string of the molecule is O=C(CCCOc1ccc(Br)cc1)OCC(=O)N1CCNC1=O. The van der Waals surface area contributed by atoms with Gasteiger partial charge in [-0.2, -0.15) is 0 Å². The van der Waals surface area contributed by atoms with Gasteiger partial charge < -0.3 is 14.8 Å². The molecule has 1 aliphatic rings. The number of imide groups is 1. The van der Waals surface area contributed by atoms with Crippen LogP contribution >= 0.6 is 15.9 Å². The van der Waals surface area contributed by atoms with E-state index in [-0.39, 0.29) is 6.42 Å². The highest BCUT2D eigenvalue weighted by Crippen LogP contribution is 2.16. The van der Waals surface area contributed by atoms with E-state index in [1.165, 1.54) is 0 Å². The summed E-state index contributed by atoms with van der Waals surface area (Å²) < 4.78 is 11.3. The number of hydrogen-bond donors (Lipinski definition) is 1. The molecular formula is C15H17BrN2O5. The first kappa shape index (κ1) is 17.3. The van der Waals surface area contributed by atoms with Gasteiger partial charge in [0.15, 0.2) is 6.61 Å². The largest absolute Gasteiger partial charge is 0.494 e. The molecule has 2 rings (SSSR count). The Morgan fingerprint density at radius 3 is 2.65 bits per heavy atom. The first-order chi connectivity index (χ1) is 11.1. The van der Waals surface area contributed by atoms with E-state index in [4.69, 9.17) is 9.47 Å². The van der Waals surface area contributed by atoms with Gasteiger partial charge in [0.05, 0.1) is 6.61 Å². The lowest BCUT2D eigenvalue weighted by atomic mass is 10.3. The van der Waals surface area contributed by atoms with Crippen LogP contribution in [0.2, 0.25) is 0 Å². The van der Waals surface area contributed by atoms with Gasteiger partial charge >= 0.3 is 12.0 Å². The summed E-state index contributed by atoms with van der Waals surface area (Å²) in [5.41, 5.74) is 0. The normalized spacial score (nSPS) is 13.6. The van der Waals surface area contributed by atoms with E-state index in [9.17, 15) is 14.4 Å². The topological polar surface area (TPSA) is 84.9 Å². The van der Waals surface area contributed by atoms with Gasteiger partial charge in [-0.1, -0.05) is 15.9 Å². The highest BCUT2D eigenvalue weighted by Gasteiger charge is 2.26. The molecule has 0 aromatic heterocycles. The number of carbonyl (C=O) groups excluding carboxylic acids is 3. The van der Waals surface area contributed by atoms with Crippen LogP contribution in [-0.2, 0) is 14.3 Å². The third kappa shape index (κ3) is 5.55. The average molecular weight is 385 g/mol. The number of urea groups is 1. The van der Waals surface area contributed by atoms with Crippen LogP contribution in [0.25, 0.3) is 0 Å². The lowest BCUT2D eigenvalue weighted by molar-refractivity contribution is -0.150. The molecule has 0 bridgehead atoms.